The van der Waals surface area contributed by atoms with Crippen LogP contribution in [0.1, 0.15) is 28.8 Å². The number of hydrogen-bond acceptors (Lipinski definition) is 3. The highest BCUT2D eigenvalue weighted by Gasteiger charge is 2.10. The summed E-state index contributed by atoms with van der Waals surface area (Å²) in [6.45, 7) is 2.26. The van der Waals surface area contributed by atoms with Gasteiger partial charge in [0.05, 0.1) is 0 Å². The molecule has 0 radical (unpaired) electrons. The van der Waals surface area contributed by atoms with Crippen LogP contribution >= 0.6 is 15.9 Å². The van der Waals surface area contributed by atoms with Gasteiger partial charge in [0.15, 0.2) is 0 Å². The zero-order valence-corrected chi connectivity index (χ0v) is 11.9. The molecule has 5 heteroatoms. The van der Waals surface area contributed by atoms with Crippen molar-refractivity contribution in [3.05, 3.63) is 51.9 Å². The average molecular weight is 325 g/mol. The molecule has 0 bridgehead atoms. The quantitative estimate of drug-likeness (QED) is 0.906. The van der Waals surface area contributed by atoms with E-state index in [1.165, 1.54) is 6.07 Å². The summed E-state index contributed by atoms with van der Waals surface area (Å²) >= 11 is 3.41. The minimum Gasteiger partial charge on any atom is -0.485 e. The largest absolute Gasteiger partial charge is 0.485 e. The second-order valence-electron chi connectivity index (χ2n) is 3.97. The molecule has 2 aromatic rings. The Morgan fingerprint density at radius 2 is 2.16 bits per heavy atom. The van der Waals surface area contributed by atoms with Gasteiger partial charge in [-0.1, -0.05) is 22.9 Å². The molecule has 0 unspecified atom stereocenters. The van der Waals surface area contributed by atoms with Gasteiger partial charge in [0.2, 0.25) is 5.76 Å². The average Bonchev–Trinajstić information content (AvgIpc) is 2.86. The molecule has 4 nitrogen and oxygen atoms in total. The number of benzene rings is 1. The fourth-order valence-corrected chi connectivity index (χ4v) is 2.09. The third-order valence-corrected chi connectivity index (χ3v) is 3.14. The normalized spacial score (nSPS) is 10.4. The van der Waals surface area contributed by atoms with E-state index in [1.807, 2.05) is 25.1 Å². The molecule has 0 aliphatic carbocycles. The standard InChI is InChI=1S/C14H13BrO4/c1-2-9-7-10(15)3-5-12(9)18-8-11-4-6-13(19-11)14(16)17/h3-7H,2,8H2,1H3,(H,16,17). The predicted octanol–water partition coefficient (Wildman–Crippen LogP) is 3.88. The van der Waals surface area contributed by atoms with Gasteiger partial charge in [0, 0.05) is 4.47 Å². The highest BCUT2D eigenvalue weighted by molar-refractivity contribution is 9.10. The summed E-state index contributed by atoms with van der Waals surface area (Å²) < 4.78 is 11.8. The smallest absolute Gasteiger partial charge is 0.371 e. The molecular weight excluding hydrogens is 312 g/mol. The highest BCUT2D eigenvalue weighted by atomic mass is 79.9. The Labute approximate surface area is 119 Å². The van der Waals surface area contributed by atoms with Crippen LogP contribution in [-0.4, -0.2) is 11.1 Å². The molecule has 0 spiro atoms. The topological polar surface area (TPSA) is 59.7 Å². The number of aromatic carboxylic acids is 1. The molecule has 0 saturated carbocycles. The number of aryl methyl sites for hydroxylation is 1. The maximum atomic E-state index is 10.7. The minimum atomic E-state index is -1.08. The van der Waals surface area contributed by atoms with Gasteiger partial charge in [-0.3, -0.25) is 0 Å². The van der Waals surface area contributed by atoms with E-state index < -0.39 is 5.97 Å². The maximum Gasteiger partial charge on any atom is 0.371 e. The lowest BCUT2D eigenvalue weighted by atomic mass is 10.1. The van der Waals surface area contributed by atoms with Gasteiger partial charge in [0.1, 0.15) is 18.1 Å². The molecule has 0 fully saturated rings. The number of ether oxygens (including phenoxy) is 1. The first-order chi connectivity index (χ1) is 9.10. The molecule has 100 valence electrons. The van der Waals surface area contributed by atoms with Crippen LogP contribution in [0.3, 0.4) is 0 Å². The van der Waals surface area contributed by atoms with E-state index in [2.05, 4.69) is 15.9 Å². The highest BCUT2D eigenvalue weighted by Crippen LogP contribution is 2.24. The van der Waals surface area contributed by atoms with Gasteiger partial charge < -0.3 is 14.3 Å². The summed E-state index contributed by atoms with van der Waals surface area (Å²) in [6.07, 6.45) is 0.854. The molecule has 0 saturated heterocycles. The van der Waals surface area contributed by atoms with Crippen molar-refractivity contribution in [2.75, 3.05) is 0 Å². The van der Waals surface area contributed by atoms with E-state index in [1.54, 1.807) is 6.07 Å². The van der Waals surface area contributed by atoms with Crippen LogP contribution in [0.15, 0.2) is 39.2 Å². The lowest BCUT2D eigenvalue weighted by molar-refractivity contribution is 0.0658. The molecule has 1 aromatic heterocycles. The van der Waals surface area contributed by atoms with Gasteiger partial charge in [0.25, 0.3) is 0 Å². The minimum absolute atomic E-state index is 0.0786. The number of rotatable bonds is 5. The molecule has 1 N–H and O–H groups in total. The second kappa shape index (κ2) is 5.93. The van der Waals surface area contributed by atoms with Crippen molar-refractivity contribution in [2.24, 2.45) is 0 Å². The molecule has 0 aliphatic rings. The third kappa shape index (κ3) is 3.38. The molecule has 0 atom stereocenters. The van der Waals surface area contributed by atoms with Crippen LogP contribution in [0, 0.1) is 0 Å². The Morgan fingerprint density at radius 3 is 2.79 bits per heavy atom. The zero-order valence-electron chi connectivity index (χ0n) is 10.4. The monoisotopic (exact) mass is 324 g/mol. The first-order valence-corrected chi connectivity index (χ1v) is 6.62. The summed E-state index contributed by atoms with van der Waals surface area (Å²) in [5.74, 6) is 0.107. The van der Waals surface area contributed by atoms with Gasteiger partial charge in [-0.25, -0.2) is 4.79 Å². The summed E-state index contributed by atoms with van der Waals surface area (Å²) in [5, 5.41) is 8.76. The van der Waals surface area contributed by atoms with Crippen molar-refractivity contribution in [1.82, 2.24) is 0 Å². The Morgan fingerprint density at radius 1 is 1.37 bits per heavy atom. The first kappa shape index (κ1) is 13.7. The van der Waals surface area contributed by atoms with Crippen LogP contribution < -0.4 is 4.74 Å². The Bertz CT molecular complexity index is 589. The van der Waals surface area contributed by atoms with Crippen LogP contribution in [-0.2, 0) is 13.0 Å². The van der Waals surface area contributed by atoms with E-state index in [-0.39, 0.29) is 12.4 Å². The lowest BCUT2D eigenvalue weighted by Crippen LogP contribution is -1.97. The summed E-state index contributed by atoms with van der Waals surface area (Å²) in [6, 6.07) is 8.81. The summed E-state index contributed by atoms with van der Waals surface area (Å²) in [5.41, 5.74) is 1.08. The summed E-state index contributed by atoms with van der Waals surface area (Å²) in [7, 11) is 0. The first-order valence-electron chi connectivity index (χ1n) is 5.83. The number of carboxylic acids is 1. The number of carbonyl (C=O) groups is 1. The second-order valence-corrected chi connectivity index (χ2v) is 4.88. The molecule has 0 amide bonds. The SMILES string of the molecule is CCc1cc(Br)ccc1OCc1ccc(C(=O)O)o1. The number of hydrogen-bond donors (Lipinski definition) is 1. The third-order valence-electron chi connectivity index (χ3n) is 2.65. The fraction of sp³-hybridized carbons (Fsp3) is 0.214. The number of halogens is 1. The van der Waals surface area contributed by atoms with Crippen molar-refractivity contribution in [3.63, 3.8) is 0 Å². The van der Waals surface area contributed by atoms with E-state index in [4.69, 9.17) is 14.3 Å². The van der Waals surface area contributed by atoms with Crippen molar-refractivity contribution in [1.29, 1.82) is 0 Å². The van der Waals surface area contributed by atoms with Crippen LogP contribution in [0.25, 0.3) is 0 Å². The maximum absolute atomic E-state index is 10.7. The zero-order chi connectivity index (χ0) is 13.8. The number of carboxylic acid groups (broad SMARTS) is 1. The molecule has 1 aromatic carbocycles. The molecular formula is C14H13BrO4. The summed E-state index contributed by atoms with van der Waals surface area (Å²) in [4.78, 5) is 10.7. The Hall–Kier alpha value is -1.75. The van der Waals surface area contributed by atoms with Gasteiger partial charge in [-0.2, -0.15) is 0 Å². The van der Waals surface area contributed by atoms with Crippen molar-refractivity contribution >= 4 is 21.9 Å². The van der Waals surface area contributed by atoms with Crippen LogP contribution in [0.4, 0.5) is 0 Å². The van der Waals surface area contributed by atoms with Crippen molar-refractivity contribution in [2.45, 2.75) is 20.0 Å². The van der Waals surface area contributed by atoms with Crippen molar-refractivity contribution < 1.29 is 19.1 Å². The molecule has 0 aliphatic heterocycles. The van der Waals surface area contributed by atoms with E-state index in [0.717, 1.165) is 22.2 Å². The van der Waals surface area contributed by atoms with Gasteiger partial charge in [-0.15, -0.1) is 0 Å². The van der Waals surface area contributed by atoms with E-state index in [0.29, 0.717) is 5.76 Å². The van der Waals surface area contributed by atoms with Gasteiger partial charge >= 0.3 is 5.97 Å². The Kier molecular flexibility index (Phi) is 4.27. The predicted molar refractivity (Wildman–Crippen MR) is 73.5 cm³/mol. The fourth-order valence-electron chi connectivity index (χ4n) is 1.68. The van der Waals surface area contributed by atoms with E-state index in [9.17, 15) is 4.79 Å². The lowest BCUT2D eigenvalue weighted by Gasteiger charge is -2.09. The van der Waals surface area contributed by atoms with Crippen LogP contribution in [0.2, 0.25) is 0 Å². The number of furan rings is 1. The molecule has 2 rings (SSSR count). The van der Waals surface area contributed by atoms with Crippen LogP contribution in [0.5, 0.6) is 5.75 Å². The molecule has 1 heterocycles. The Balaban J connectivity index is 2.07. The van der Waals surface area contributed by atoms with E-state index >= 15 is 0 Å². The van der Waals surface area contributed by atoms with Gasteiger partial charge in [-0.05, 0) is 42.3 Å². The molecule has 19 heavy (non-hydrogen) atoms. The van der Waals surface area contributed by atoms with Crippen molar-refractivity contribution in [3.8, 4) is 5.75 Å².